The molecule has 0 amide bonds. The van der Waals surface area contributed by atoms with Crippen molar-refractivity contribution in [2.75, 3.05) is 0 Å². The summed E-state index contributed by atoms with van der Waals surface area (Å²) in [7, 11) is 0. The number of hydrogen-bond donors (Lipinski definition) is 1. The fraction of sp³-hybridized carbons (Fsp3) is 0. The van der Waals surface area contributed by atoms with Crippen molar-refractivity contribution in [1.29, 1.82) is 0 Å². The molecule has 2 rings (SSSR count). The van der Waals surface area contributed by atoms with E-state index in [0.29, 0.717) is 5.02 Å². The van der Waals surface area contributed by atoms with E-state index < -0.39 is 0 Å². The van der Waals surface area contributed by atoms with Crippen LogP contribution in [0.25, 0.3) is 11.3 Å². The van der Waals surface area contributed by atoms with Crippen LogP contribution in [0.3, 0.4) is 0 Å². The first-order valence-corrected chi connectivity index (χ1v) is 4.76. The first-order valence-electron chi connectivity index (χ1n) is 3.59. The van der Waals surface area contributed by atoms with E-state index in [1.54, 1.807) is 6.20 Å². The molecule has 0 spiro atoms. The molecule has 0 aliphatic rings. The topological polar surface area (TPSA) is 41.6 Å². The molecule has 0 saturated carbocycles. The van der Waals surface area contributed by atoms with Crippen molar-refractivity contribution in [2.45, 2.75) is 0 Å². The molecule has 1 N–H and O–H groups in total. The van der Waals surface area contributed by atoms with Crippen molar-refractivity contribution in [1.82, 2.24) is 15.4 Å². The zero-order valence-corrected chi connectivity index (χ0v) is 8.80. The Morgan fingerprint density at radius 1 is 1.38 bits per heavy atom. The van der Waals surface area contributed by atoms with Crippen LogP contribution in [0.2, 0.25) is 5.02 Å². The summed E-state index contributed by atoms with van der Waals surface area (Å²) < 4.78 is 0.911. The van der Waals surface area contributed by atoms with Crippen LogP contribution in [0.15, 0.2) is 28.9 Å². The summed E-state index contributed by atoms with van der Waals surface area (Å²) in [5.41, 5.74) is 1.59. The quantitative estimate of drug-likeness (QED) is 0.854. The Labute approximate surface area is 88.2 Å². The monoisotopic (exact) mass is 257 g/mol. The molecule has 0 bridgehead atoms. The number of nitrogens with one attached hydrogen (secondary N) is 1. The van der Waals surface area contributed by atoms with Gasteiger partial charge in [-0.05, 0) is 12.1 Å². The molecule has 1 aromatic heterocycles. The maximum atomic E-state index is 6.01. The molecule has 5 heteroatoms. The molecular formula is C8H5BrClN3. The number of aromatic amines is 1. The standard InChI is InChI=1S/C8H5BrClN3/c9-5-2-1-3-6(10)8(5)7-4-11-13-12-7/h1-4H,(H,11,12,13). The Hall–Kier alpha value is -0.870. The predicted molar refractivity (Wildman–Crippen MR) is 54.5 cm³/mol. The lowest BCUT2D eigenvalue weighted by molar-refractivity contribution is 0.942. The van der Waals surface area contributed by atoms with E-state index in [1.807, 2.05) is 18.2 Å². The van der Waals surface area contributed by atoms with E-state index in [0.717, 1.165) is 15.7 Å². The van der Waals surface area contributed by atoms with Crippen molar-refractivity contribution in [3.05, 3.63) is 33.9 Å². The van der Waals surface area contributed by atoms with Gasteiger partial charge < -0.3 is 0 Å². The molecule has 0 aliphatic heterocycles. The number of halogens is 2. The molecule has 0 radical (unpaired) electrons. The molecule has 66 valence electrons. The lowest BCUT2D eigenvalue weighted by Crippen LogP contribution is -1.81. The summed E-state index contributed by atoms with van der Waals surface area (Å²) in [5.74, 6) is 0. The van der Waals surface area contributed by atoms with Gasteiger partial charge in [-0.15, -0.1) is 0 Å². The van der Waals surface area contributed by atoms with E-state index in [1.165, 1.54) is 0 Å². The van der Waals surface area contributed by atoms with Crippen LogP contribution < -0.4 is 0 Å². The zero-order chi connectivity index (χ0) is 9.26. The third kappa shape index (κ3) is 1.59. The second kappa shape index (κ2) is 3.47. The van der Waals surface area contributed by atoms with Gasteiger partial charge in [-0.25, -0.2) is 0 Å². The first-order chi connectivity index (χ1) is 6.29. The Kier molecular flexibility index (Phi) is 2.33. The van der Waals surface area contributed by atoms with Gasteiger partial charge in [-0.3, -0.25) is 0 Å². The smallest absolute Gasteiger partial charge is 0.115 e. The minimum atomic E-state index is 0.656. The van der Waals surface area contributed by atoms with Gasteiger partial charge in [0.25, 0.3) is 0 Å². The van der Waals surface area contributed by atoms with Crippen molar-refractivity contribution in [2.24, 2.45) is 0 Å². The lowest BCUT2D eigenvalue weighted by Gasteiger charge is -2.01. The summed E-state index contributed by atoms with van der Waals surface area (Å²) in [6, 6.07) is 5.60. The van der Waals surface area contributed by atoms with Gasteiger partial charge in [-0.2, -0.15) is 15.4 Å². The molecule has 13 heavy (non-hydrogen) atoms. The lowest BCUT2D eigenvalue weighted by atomic mass is 10.2. The van der Waals surface area contributed by atoms with Crippen LogP contribution in [-0.2, 0) is 0 Å². The van der Waals surface area contributed by atoms with Gasteiger partial charge in [0.2, 0.25) is 0 Å². The first kappa shape index (κ1) is 8.72. The molecule has 3 nitrogen and oxygen atoms in total. The van der Waals surface area contributed by atoms with Gasteiger partial charge in [0.1, 0.15) is 5.69 Å². The van der Waals surface area contributed by atoms with Crippen LogP contribution in [-0.4, -0.2) is 15.4 Å². The molecule has 2 aromatic rings. The largest absolute Gasteiger partial charge is 0.197 e. The molecule has 0 fully saturated rings. The summed E-state index contributed by atoms with van der Waals surface area (Å²) in [6.07, 6.45) is 1.63. The predicted octanol–water partition coefficient (Wildman–Crippen LogP) is 2.89. The zero-order valence-electron chi connectivity index (χ0n) is 6.46. The average Bonchev–Trinajstić information content (AvgIpc) is 2.57. The maximum Gasteiger partial charge on any atom is 0.115 e. The van der Waals surface area contributed by atoms with E-state index in [2.05, 4.69) is 31.3 Å². The molecule has 0 aliphatic carbocycles. The number of H-pyrrole nitrogens is 1. The molecule has 1 heterocycles. The fourth-order valence-corrected chi connectivity index (χ4v) is 2.02. The van der Waals surface area contributed by atoms with Crippen LogP contribution >= 0.6 is 27.5 Å². The van der Waals surface area contributed by atoms with Crippen LogP contribution in [0.5, 0.6) is 0 Å². The number of hydrogen-bond acceptors (Lipinski definition) is 2. The number of aromatic nitrogens is 3. The van der Waals surface area contributed by atoms with Crippen molar-refractivity contribution in [3.63, 3.8) is 0 Å². The summed E-state index contributed by atoms with van der Waals surface area (Å²) in [6.45, 7) is 0. The Balaban J connectivity index is 2.64. The SMILES string of the molecule is Clc1cccc(Br)c1-c1cn[nH]n1. The Morgan fingerprint density at radius 3 is 2.85 bits per heavy atom. The van der Waals surface area contributed by atoms with Crippen molar-refractivity contribution >= 4 is 27.5 Å². The van der Waals surface area contributed by atoms with E-state index in [4.69, 9.17) is 11.6 Å². The molecule has 0 unspecified atom stereocenters. The van der Waals surface area contributed by atoms with Gasteiger partial charge in [0.15, 0.2) is 0 Å². The van der Waals surface area contributed by atoms with E-state index >= 15 is 0 Å². The molecular weight excluding hydrogens is 253 g/mol. The summed E-state index contributed by atoms with van der Waals surface area (Å²) >= 11 is 9.41. The number of nitrogens with zero attached hydrogens (tertiary/aromatic N) is 2. The highest BCUT2D eigenvalue weighted by atomic mass is 79.9. The Bertz CT molecular complexity index is 393. The average molecular weight is 259 g/mol. The maximum absolute atomic E-state index is 6.01. The van der Waals surface area contributed by atoms with Crippen molar-refractivity contribution in [3.8, 4) is 11.3 Å². The third-order valence-electron chi connectivity index (χ3n) is 1.63. The van der Waals surface area contributed by atoms with Crippen LogP contribution in [0, 0.1) is 0 Å². The van der Waals surface area contributed by atoms with Gasteiger partial charge >= 0.3 is 0 Å². The summed E-state index contributed by atoms with van der Waals surface area (Å²) in [5, 5.41) is 10.9. The Morgan fingerprint density at radius 2 is 2.23 bits per heavy atom. The van der Waals surface area contributed by atoms with Gasteiger partial charge in [0.05, 0.1) is 11.2 Å². The van der Waals surface area contributed by atoms with E-state index in [-0.39, 0.29) is 0 Å². The highest BCUT2D eigenvalue weighted by Crippen LogP contribution is 2.32. The van der Waals surface area contributed by atoms with Crippen molar-refractivity contribution < 1.29 is 0 Å². The third-order valence-corrected chi connectivity index (χ3v) is 2.61. The van der Waals surface area contributed by atoms with Crippen LogP contribution in [0.1, 0.15) is 0 Å². The highest BCUT2D eigenvalue weighted by Gasteiger charge is 2.09. The minimum absolute atomic E-state index is 0.656. The van der Waals surface area contributed by atoms with Gasteiger partial charge in [0, 0.05) is 10.0 Å². The second-order valence-corrected chi connectivity index (χ2v) is 3.71. The van der Waals surface area contributed by atoms with E-state index in [9.17, 15) is 0 Å². The van der Waals surface area contributed by atoms with Gasteiger partial charge in [-0.1, -0.05) is 33.6 Å². The van der Waals surface area contributed by atoms with Crippen LogP contribution in [0.4, 0.5) is 0 Å². The molecule has 0 atom stereocenters. The fourth-order valence-electron chi connectivity index (χ4n) is 1.06. The summed E-state index contributed by atoms with van der Waals surface area (Å²) in [4.78, 5) is 0. The number of rotatable bonds is 1. The second-order valence-electron chi connectivity index (χ2n) is 2.45. The normalized spacial score (nSPS) is 10.3. The molecule has 1 aromatic carbocycles. The number of benzene rings is 1. The molecule has 0 saturated heterocycles. The minimum Gasteiger partial charge on any atom is -0.197 e. The highest BCUT2D eigenvalue weighted by molar-refractivity contribution is 9.10.